The lowest BCUT2D eigenvalue weighted by Crippen LogP contribution is -2.38. The first-order chi connectivity index (χ1) is 11.1. The highest BCUT2D eigenvalue weighted by Crippen LogP contribution is 2.34. The molecule has 0 saturated heterocycles. The van der Waals surface area contributed by atoms with E-state index < -0.39 is 27.1 Å². The average Bonchev–Trinajstić information content (AvgIpc) is 2.51. The Morgan fingerprint density at radius 3 is 2.54 bits per heavy atom. The zero-order valence-corrected chi connectivity index (χ0v) is 13.2. The minimum atomic E-state index is -4.83. The summed E-state index contributed by atoms with van der Waals surface area (Å²) in [5, 5.41) is 8.76. The van der Waals surface area contributed by atoms with E-state index in [0.29, 0.717) is 5.56 Å². The van der Waals surface area contributed by atoms with E-state index in [9.17, 15) is 21.6 Å². The number of benzene rings is 1. The molecule has 1 N–H and O–H groups in total. The molecule has 2 rings (SSSR count). The van der Waals surface area contributed by atoms with Crippen LogP contribution < -0.4 is 4.72 Å². The molecule has 1 aromatic heterocycles. The molecule has 0 aliphatic heterocycles. The fraction of sp³-hybridized carbons (Fsp3) is 0.200. The Morgan fingerprint density at radius 1 is 1.25 bits per heavy atom. The summed E-state index contributed by atoms with van der Waals surface area (Å²) in [5.41, 5.74) is 0.265. The van der Waals surface area contributed by atoms with Crippen molar-refractivity contribution in [2.45, 2.75) is 24.0 Å². The molecular formula is C15H12F3N3O2S. The van der Waals surface area contributed by atoms with Crippen molar-refractivity contribution in [1.82, 2.24) is 9.71 Å². The SMILES string of the molecule is Cc1cccc(C(NS(=O)(=O)c2cncc(C#N)c2)C(F)(F)F)c1. The van der Waals surface area contributed by atoms with Crippen molar-refractivity contribution in [2.75, 3.05) is 0 Å². The molecule has 1 heterocycles. The molecule has 0 fully saturated rings. The molecule has 9 heteroatoms. The van der Waals surface area contributed by atoms with Gasteiger partial charge in [-0.15, -0.1) is 0 Å². The number of rotatable bonds is 4. The van der Waals surface area contributed by atoms with E-state index in [0.717, 1.165) is 18.5 Å². The molecule has 1 atom stereocenters. The molecule has 0 radical (unpaired) electrons. The van der Waals surface area contributed by atoms with E-state index in [2.05, 4.69) is 4.98 Å². The van der Waals surface area contributed by atoms with Crippen LogP contribution >= 0.6 is 0 Å². The largest absolute Gasteiger partial charge is 0.408 e. The Labute approximate surface area is 136 Å². The topological polar surface area (TPSA) is 82.8 Å². The van der Waals surface area contributed by atoms with Gasteiger partial charge < -0.3 is 0 Å². The van der Waals surface area contributed by atoms with Gasteiger partial charge in [0.2, 0.25) is 10.0 Å². The van der Waals surface area contributed by atoms with Crippen LogP contribution in [-0.2, 0) is 10.0 Å². The Bertz CT molecular complexity index is 889. The number of aryl methyl sites for hydroxylation is 1. The second-order valence-electron chi connectivity index (χ2n) is 5.03. The van der Waals surface area contributed by atoms with Crippen molar-refractivity contribution < 1.29 is 21.6 Å². The van der Waals surface area contributed by atoms with Crippen LogP contribution in [0, 0.1) is 18.3 Å². The highest BCUT2D eigenvalue weighted by atomic mass is 32.2. The molecular weight excluding hydrogens is 343 g/mol. The molecule has 1 unspecified atom stereocenters. The normalized spacial score (nSPS) is 13.3. The summed E-state index contributed by atoms with van der Waals surface area (Å²) in [4.78, 5) is 3.04. The van der Waals surface area contributed by atoms with Crippen LogP contribution in [0.5, 0.6) is 0 Å². The maximum Gasteiger partial charge on any atom is 0.408 e. The molecule has 0 aliphatic carbocycles. The van der Waals surface area contributed by atoms with Gasteiger partial charge in [0.15, 0.2) is 0 Å². The molecule has 126 valence electrons. The lowest BCUT2D eigenvalue weighted by molar-refractivity contribution is -0.153. The summed E-state index contributed by atoms with van der Waals surface area (Å²) >= 11 is 0. The van der Waals surface area contributed by atoms with Crippen LogP contribution in [0.15, 0.2) is 47.6 Å². The van der Waals surface area contributed by atoms with Gasteiger partial charge in [0.25, 0.3) is 0 Å². The first-order valence-electron chi connectivity index (χ1n) is 6.64. The van der Waals surface area contributed by atoms with Crippen molar-refractivity contribution in [3.8, 4) is 6.07 Å². The number of hydrogen-bond donors (Lipinski definition) is 1. The lowest BCUT2D eigenvalue weighted by Gasteiger charge is -2.22. The zero-order valence-electron chi connectivity index (χ0n) is 12.4. The van der Waals surface area contributed by atoms with Crippen LogP contribution in [0.2, 0.25) is 0 Å². The molecule has 0 aliphatic rings. The average molecular weight is 355 g/mol. The zero-order chi connectivity index (χ0) is 18.0. The Morgan fingerprint density at radius 2 is 1.96 bits per heavy atom. The third-order valence-electron chi connectivity index (χ3n) is 3.13. The number of nitrogens with one attached hydrogen (secondary N) is 1. The van der Waals surface area contributed by atoms with Crippen LogP contribution in [0.25, 0.3) is 0 Å². The van der Waals surface area contributed by atoms with E-state index in [-0.39, 0.29) is 11.1 Å². The second-order valence-corrected chi connectivity index (χ2v) is 6.75. The summed E-state index contributed by atoms with van der Waals surface area (Å²) in [7, 11) is -4.52. The Kier molecular flexibility index (Phi) is 4.91. The van der Waals surface area contributed by atoms with Crippen LogP contribution in [0.1, 0.15) is 22.7 Å². The number of pyridine rings is 1. The summed E-state index contributed by atoms with van der Waals surface area (Å²) in [6.45, 7) is 1.60. The van der Waals surface area contributed by atoms with E-state index in [1.807, 2.05) is 0 Å². The van der Waals surface area contributed by atoms with E-state index >= 15 is 0 Å². The summed E-state index contributed by atoms with van der Waals surface area (Å²) < 4.78 is 66.2. The standard InChI is InChI=1S/C15H12F3N3O2S/c1-10-3-2-4-12(5-10)14(15(16,17)18)21-24(22,23)13-6-11(7-19)8-20-9-13/h2-6,8-9,14,21H,1H3. The van der Waals surface area contributed by atoms with Crippen molar-refractivity contribution in [3.05, 3.63) is 59.4 Å². The number of halogens is 3. The number of sulfonamides is 1. The predicted octanol–water partition coefficient (Wildman–Crippen LogP) is 2.84. The second kappa shape index (κ2) is 6.59. The van der Waals surface area contributed by atoms with Gasteiger partial charge in [-0.25, -0.2) is 8.42 Å². The minimum Gasteiger partial charge on any atom is -0.262 e. The van der Waals surface area contributed by atoms with Gasteiger partial charge >= 0.3 is 6.18 Å². The third kappa shape index (κ3) is 4.10. The number of aromatic nitrogens is 1. The first-order valence-corrected chi connectivity index (χ1v) is 8.12. The van der Waals surface area contributed by atoms with E-state index in [1.165, 1.54) is 18.2 Å². The number of hydrogen-bond acceptors (Lipinski definition) is 4. The molecule has 1 aromatic carbocycles. The smallest absolute Gasteiger partial charge is 0.262 e. The van der Waals surface area contributed by atoms with Crippen molar-refractivity contribution in [2.24, 2.45) is 0 Å². The predicted molar refractivity (Wildman–Crippen MR) is 79.2 cm³/mol. The highest BCUT2D eigenvalue weighted by Gasteiger charge is 2.43. The Hall–Kier alpha value is -2.44. The molecule has 24 heavy (non-hydrogen) atoms. The molecule has 2 aromatic rings. The molecule has 5 nitrogen and oxygen atoms in total. The summed E-state index contributed by atoms with van der Waals surface area (Å²) in [5.74, 6) is 0. The van der Waals surface area contributed by atoms with Crippen molar-refractivity contribution in [1.29, 1.82) is 5.26 Å². The van der Waals surface area contributed by atoms with E-state index in [1.54, 1.807) is 23.8 Å². The quantitative estimate of drug-likeness (QED) is 0.914. The van der Waals surface area contributed by atoms with E-state index in [4.69, 9.17) is 5.26 Å². The maximum absolute atomic E-state index is 13.3. The van der Waals surface area contributed by atoms with Gasteiger partial charge in [0, 0.05) is 12.4 Å². The van der Waals surface area contributed by atoms with Gasteiger partial charge in [-0.1, -0.05) is 29.8 Å². The van der Waals surface area contributed by atoms with Gasteiger partial charge in [0.05, 0.1) is 5.56 Å². The van der Waals surface area contributed by atoms with Gasteiger partial charge in [0.1, 0.15) is 17.0 Å². The van der Waals surface area contributed by atoms with Gasteiger partial charge in [-0.3, -0.25) is 4.98 Å². The fourth-order valence-corrected chi connectivity index (χ4v) is 3.22. The fourth-order valence-electron chi connectivity index (χ4n) is 2.02. The summed E-state index contributed by atoms with van der Waals surface area (Å²) in [6.07, 6.45) is -2.84. The molecule has 0 bridgehead atoms. The van der Waals surface area contributed by atoms with Crippen LogP contribution in [0.4, 0.5) is 13.2 Å². The first kappa shape index (κ1) is 17.9. The highest BCUT2D eigenvalue weighted by molar-refractivity contribution is 7.89. The van der Waals surface area contributed by atoms with Crippen molar-refractivity contribution >= 4 is 10.0 Å². The van der Waals surface area contributed by atoms with Crippen LogP contribution in [-0.4, -0.2) is 19.6 Å². The Balaban J connectivity index is 2.44. The third-order valence-corrected chi connectivity index (χ3v) is 4.52. The van der Waals surface area contributed by atoms with Crippen LogP contribution in [0.3, 0.4) is 0 Å². The monoisotopic (exact) mass is 355 g/mol. The number of nitrogens with zero attached hydrogens (tertiary/aromatic N) is 2. The lowest BCUT2D eigenvalue weighted by atomic mass is 10.1. The van der Waals surface area contributed by atoms with Gasteiger partial charge in [-0.2, -0.15) is 23.2 Å². The minimum absolute atomic E-state index is 0.0722. The molecule has 0 saturated carbocycles. The number of alkyl halides is 3. The number of nitriles is 1. The molecule has 0 amide bonds. The van der Waals surface area contributed by atoms with Crippen molar-refractivity contribution in [3.63, 3.8) is 0 Å². The van der Waals surface area contributed by atoms with Gasteiger partial charge in [-0.05, 0) is 18.6 Å². The molecule has 0 spiro atoms. The maximum atomic E-state index is 13.3. The summed E-state index contributed by atoms with van der Waals surface area (Å²) in [6, 6.07) is 5.70.